The molecule has 8 heteroatoms. The van der Waals surface area contributed by atoms with E-state index in [1.165, 1.54) is 0 Å². The predicted octanol–water partition coefficient (Wildman–Crippen LogP) is 1.81. The van der Waals surface area contributed by atoms with Gasteiger partial charge in [-0.05, 0) is 6.07 Å². The molecule has 0 amide bonds. The zero-order chi connectivity index (χ0) is 12.5. The van der Waals surface area contributed by atoms with Crippen LogP contribution in [-0.2, 0) is 4.74 Å². The molecule has 0 aliphatic carbocycles. The van der Waals surface area contributed by atoms with Crippen molar-refractivity contribution in [3.8, 4) is 0 Å². The maximum absolute atomic E-state index is 12.8. The molecule has 0 saturated heterocycles. The number of ether oxygens (including phenoxy) is 1. The molecular weight excluding hydrogens is 234 g/mol. The second-order valence-corrected chi connectivity index (χ2v) is 2.93. The molecule has 1 rings (SSSR count). The third-order valence-corrected chi connectivity index (χ3v) is 1.83. The third kappa shape index (κ3) is 2.31. The molecule has 16 heavy (non-hydrogen) atoms. The molecule has 0 aliphatic heterocycles. The lowest BCUT2D eigenvalue weighted by molar-refractivity contribution is 0.0600. The van der Waals surface area contributed by atoms with E-state index in [9.17, 15) is 26.5 Å². The van der Waals surface area contributed by atoms with Crippen LogP contribution < -0.4 is 5.46 Å². The standard InChI is InChI=1S/C8H5BF5O2/c1-16-8(15)4-2-5(9(12,13)14)7(11)6(10)3-4/h2-3H,1H3/q-1. The van der Waals surface area contributed by atoms with Crippen LogP contribution in [0.15, 0.2) is 12.1 Å². The van der Waals surface area contributed by atoms with Crippen molar-refractivity contribution < 1.29 is 31.3 Å². The molecular formula is C8H5BF5O2-. The van der Waals surface area contributed by atoms with Gasteiger partial charge in [0.2, 0.25) is 0 Å². The quantitative estimate of drug-likeness (QED) is 0.446. The Hall–Kier alpha value is -1.60. The Labute approximate surface area is 87.1 Å². The smallest absolute Gasteiger partial charge is 0.465 e. The number of rotatable bonds is 2. The first-order valence-electron chi connectivity index (χ1n) is 4.04. The van der Waals surface area contributed by atoms with Gasteiger partial charge in [0.25, 0.3) is 0 Å². The van der Waals surface area contributed by atoms with E-state index in [4.69, 9.17) is 0 Å². The molecule has 1 aromatic carbocycles. The summed E-state index contributed by atoms with van der Waals surface area (Å²) in [5.41, 5.74) is -2.46. The summed E-state index contributed by atoms with van der Waals surface area (Å²) in [4.78, 5) is 10.9. The summed E-state index contributed by atoms with van der Waals surface area (Å²) in [5, 5.41) is 0. The Bertz CT molecular complexity index is 429. The van der Waals surface area contributed by atoms with Gasteiger partial charge in [0.1, 0.15) is 5.82 Å². The Morgan fingerprint density at radius 3 is 2.25 bits per heavy atom. The number of hydrogen-bond donors (Lipinski definition) is 0. The fourth-order valence-corrected chi connectivity index (χ4v) is 1.08. The Kier molecular flexibility index (Phi) is 3.20. The van der Waals surface area contributed by atoms with Crippen LogP contribution >= 0.6 is 0 Å². The van der Waals surface area contributed by atoms with E-state index < -0.39 is 35.6 Å². The van der Waals surface area contributed by atoms with E-state index in [1.807, 2.05) is 0 Å². The minimum Gasteiger partial charge on any atom is -0.465 e. The van der Waals surface area contributed by atoms with Gasteiger partial charge in [0.15, 0.2) is 5.82 Å². The highest BCUT2D eigenvalue weighted by Gasteiger charge is 2.31. The van der Waals surface area contributed by atoms with Gasteiger partial charge in [-0.2, -0.15) is 0 Å². The molecule has 0 unspecified atom stereocenters. The lowest BCUT2D eigenvalue weighted by atomic mass is 9.79. The molecule has 1 aromatic rings. The number of esters is 1. The zero-order valence-corrected chi connectivity index (χ0v) is 7.94. The normalized spacial score (nSPS) is 11.4. The van der Waals surface area contributed by atoms with Crippen LogP contribution in [0.2, 0.25) is 0 Å². The van der Waals surface area contributed by atoms with E-state index in [0.29, 0.717) is 6.07 Å². The number of methoxy groups -OCH3 is 1. The molecule has 0 aliphatic rings. The van der Waals surface area contributed by atoms with Crippen molar-refractivity contribution >= 4 is 18.4 Å². The fourth-order valence-electron chi connectivity index (χ4n) is 1.08. The third-order valence-electron chi connectivity index (χ3n) is 1.83. The van der Waals surface area contributed by atoms with E-state index in [-0.39, 0.29) is 6.07 Å². The zero-order valence-electron chi connectivity index (χ0n) is 7.94. The van der Waals surface area contributed by atoms with Crippen molar-refractivity contribution in [2.24, 2.45) is 0 Å². The van der Waals surface area contributed by atoms with Gasteiger partial charge in [-0.25, -0.2) is 13.6 Å². The number of benzene rings is 1. The van der Waals surface area contributed by atoms with E-state index in [2.05, 4.69) is 4.74 Å². The van der Waals surface area contributed by atoms with Crippen LogP contribution in [-0.4, -0.2) is 20.1 Å². The van der Waals surface area contributed by atoms with E-state index in [0.717, 1.165) is 7.11 Å². The van der Waals surface area contributed by atoms with Gasteiger partial charge in [0, 0.05) is 0 Å². The highest BCUT2D eigenvalue weighted by atomic mass is 19.4. The number of carbonyl (C=O) groups excluding carboxylic acids is 1. The first-order chi connectivity index (χ1) is 7.27. The molecule has 0 spiro atoms. The minimum atomic E-state index is -5.73. The van der Waals surface area contributed by atoms with Gasteiger partial charge < -0.3 is 17.7 Å². The highest BCUT2D eigenvalue weighted by molar-refractivity contribution is 6.73. The van der Waals surface area contributed by atoms with Crippen LogP contribution in [0.5, 0.6) is 0 Å². The molecule has 0 saturated carbocycles. The van der Waals surface area contributed by atoms with Gasteiger partial charge in [-0.3, -0.25) is 0 Å². The average molecular weight is 239 g/mol. The number of carbonyl (C=O) groups is 1. The average Bonchev–Trinajstić information content (AvgIpc) is 2.18. The second-order valence-electron chi connectivity index (χ2n) is 2.93. The van der Waals surface area contributed by atoms with Crippen LogP contribution in [0.25, 0.3) is 0 Å². The molecule has 0 fully saturated rings. The molecule has 0 N–H and O–H groups in total. The van der Waals surface area contributed by atoms with Crippen LogP contribution in [0.3, 0.4) is 0 Å². The van der Waals surface area contributed by atoms with Crippen LogP contribution in [0.1, 0.15) is 10.4 Å². The summed E-state index contributed by atoms with van der Waals surface area (Å²) in [7, 11) is 0.919. The molecule has 0 radical (unpaired) electrons. The lowest BCUT2D eigenvalue weighted by Gasteiger charge is -2.16. The topological polar surface area (TPSA) is 26.3 Å². The minimum absolute atomic E-state index is 0.226. The van der Waals surface area contributed by atoms with Crippen molar-refractivity contribution in [1.29, 1.82) is 0 Å². The monoisotopic (exact) mass is 239 g/mol. The van der Waals surface area contributed by atoms with E-state index in [1.54, 1.807) is 0 Å². The largest absolute Gasteiger partial charge is 0.512 e. The predicted molar refractivity (Wildman–Crippen MR) is 46.4 cm³/mol. The Balaban J connectivity index is 3.39. The summed E-state index contributed by atoms with van der Waals surface area (Å²) in [6.07, 6.45) is 0. The maximum Gasteiger partial charge on any atom is 0.512 e. The SMILES string of the molecule is COC(=O)c1cc(F)c(F)c([B-](F)(F)F)c1. The summed E-state index contributed by atoms with van der Waals surface area (Å²) < 4.78 is 66.6. The van der Waals surface area contributed by atoms with Crippen LogP contribution in [0, 0.1) is 11.6 Å². The van der Waals surface area contributed by atoms with Crippen molar-refractivity contribution in [2.75, 3.05) is 7.11 Å². The van der Waals surface area contributed by atoms with Gasteiger partial charge in [-0.1, -0.05) is 11.5 Å². The van der Waals surface area contributed by atoms with Crippen molar-refractivity contribution in [3.05, 3.63) is 29.3 Å². The maximum atomic E-state index is 12.8. The summed E-state index contributed by atoms with van der Waals surface area (Å²) in [6.45, 7) is -5.73. The fraction of sp³-hybridized carbons (Fsp3) is 0.125. The summed E-state index contributed by atoms with van der Waals surface area (Å²) in [5.74, 6) is -4.92. The highest BCUT2D eigenvalue weighted by Crippen LogP contribution is 2.16. The molecule has 0 heterocycles. The first kappa shape index (κ1) is 12.5. The van der Waals surface area contributed by atoms with E-state index >= 15 is 0 Å². The molecule has 0 bridgehead atoms. The van der Waals surface area contributed by atoms with Crippen LogP contribution in [0.4, 0.5) is 21.7 Å². The van der Waals surface area contributed by atoms with Crippen molar-refractivity contribution in [2.45, 2.75) is 0 Å². The number of halogens is 5. The lowest BCUT2D eigenvalue weighted by Crippen LogP contribution is -2.38. The second kappa shape index (κ2) is 4.11. The van der Waals surface area contributed by atoms with Gasteiger partial charge in [-0.15, -0.1) is 0 Å². The number of hydrogen-bond acceptors (Lipinski definition) is 2. The van der Waals surface area contributed by atoms with Gasteiger partial charge in [0.05, 0.1) is 12.7 Å². The Morgan fingerprint density at radius 2 is 1.81 bits per heavy atom. The van der Waals surface area contributed by atoms with Crippen molar-refractivity contribution in [3.63, 3.8) is 0 Å². The summed E-state index contributed by atoms with van der Waals surface area (Å²) in [6, 6.07) is 0.580. The molecule has 88 valence electrons. The summed E-state index contributed by atoms with van der Waals surface area (Å²) >= 11 is 0. The molecule has 0 atom stereocenters. The molecule has 2 nitrogen and oxygen atoms in total. The molecule has 0 aromatic heterocycles. The van der Waals surface area contributed by atoms with Gasteiger partial charge >= 0.3 is 12.9 Å². The van der Waals surface area contributed by atoms with Crippen molar-refractivity contribution in [1.82, 2.24) is 0 Å². The first-order valence-corrected chi connectivity index (χ1v) is 4.04. The Morgan fingerprint density at radius 1 is 1.25 bits per heavy atom.